The molecule has 2 N–H and O–H groups in total. The Balaban J connectivity index is 3.82. The van der Waals surface area contributed by atoms with Crippen molar-refractivity contribution in [2.45, 2.75) is 39.3 Å². The van der Waals surface area contributed by atoms with Crippen molar-refractivity contribution in [2.24, 2.45) is 5.92 Å². The van der Waals surface area contributed by atoms with Gasteiger partial charge in [0.25, 0.3) is 0 Å². The maximum atomic E-state index is 9.51. The fourth-order valence-corrected chi connectivity index (χ4v) is 1.05. The van der Waals surface area contributed by atoms with E-state index in [-0.39, 0.29) is 0 Å². The van der Waals surface area contributed by atoms with Crippen LogP contribution in [0.4, 0.5) is 0 Å². The summed E-state index contributed by atoms with van der Waals surface area (Å²) in [4.78, 5) is 0. The molecule has 0 aliphatic heterocycles. The summed E-state index contributed by atoms with van der Waals surface area (Å²) < 4.78 is 5.09. The summed E-state index contributed by atoms with van der Waals surface area (Å²) in [7, 11) is 1.70. The summed E-state index contributed by atoms with van der Waals surface area (Å²) in [6.45, 7) is 9.16. The van der Waals surface area contributed by atoms with Gasteiger partial charge in [-0.15, -0.1) is 0 Å². The lowest BCUT2D eigenvalue weighted by Gasteiger charge is -2.26. The van der Waals surface area contributed by atoms with Crippen LogP contribution in [0.15, 0.2) is 0 Å². The van der Waals surface area contributed by atoms with Gasteiger partial charge in [0.05, 0.1) is 12.2 Å². The highest BCUT2D eigenvalue weighted by Gasteiger charge is 2.17. The van der Waals surface area contributed by atoms with E-state index in [4.69, 9.17) is 4.74 Å². The second-order valence-electron chi connectivity index (χ2n) is 4.50. The molecule has 0 saturated heterocycles. The van der Waals surface area contributed by atoms with Gasteiger partial charge in [0.15, 0.2) is 0 Å². The van der Waals surface area contributed by atoms with Crippen LogP contribution in [-0.4, -0.2) is 37.0 Å². The van der Waals surface area contributed by atoms with E-state index >= 15 is 0 Å². The molecule has 0 radical (unpaired) electrons. The molecule has 0 bridgehead atoms. The largest absolute Gasteiger partial charge is 0.389 e. The van der Waals surface area contributed by atoms with E-state index in [1.165, 1.54) is 0 Å². The van der Waals surface area contributed by atoms with Crippen molar-refractivity contribution >= 4 is 0 Å². The zero-order chi connectivity index (χ0) is 10.5. The van der Waals surface area contributed by atoms with Crippen molar-refractivity contribution in [1.82, 2.24) is 5.32 Å². The Bertz CT molecular complexity index is 129. The fraction of sp³-hybridized carbons (Fsp3) is 1.00. The van der Waals surface area contributed by atoms with Gasteiger partial charge in [-0.2, -0.15) is 0 Å². The van der Waals surface area contributed by atoms with Crippen LogP contribution in [0, 0.1) is 5.92 Å². The molecule has 0 spiro atoms. The number of hydrogen-bond acceptors (Lipinski definition) is 3. The normalized spacial score (nSPS) is 15.0. The number of hydrogen-bond donors (Lipinski definition) is 2. The number of nitrogens with one attached hydrogen (secondary N) is 1. The molecule has 0 aliphatic rings. The van der Waals surface area contributed by atoms with Crippen molar-refractivity contribution < 1.29 is 9.84 Å². The minimum atomic E-state index is -0.652. The summed E-state index contributed by atoms with van der Waals surface area (Å²) in [5, 5.41) is 12.8. The SMILES string of the molecule is COCC(NCC(C)(C)O)C(C)C. The van der Waals surface area contributed by atoms with E-state index in [9.17, 15) is 5.11 Å². The molecule has 1 unspecified atom stereocenters. The second kappa shape index (κ2) is 5.58. The van der Waals surface area contributed by atoms with Crippen molar-refractivity contribution in [3.8, 4) is 0 Å². The Labute approximate surface area is 81.5 Å². The molecule has 1 atom stereocenters. The lowest BCUT2D eigenvalue weighted by atomic mass is 10.0. The topological polar surface area (TPSA) is 41.5 Å². The van der Waals surface area contributed by atoms with Crippen LogP contribution in [0.5, 0.6) is 0 Å². The molecule has 0 aromatic rings. The predicted molar refractivity (Wildman–Crippen MR) is 54.8 cm³/mol. The van der Waals surface area contributed by atoms with Crippen molar-refractivity contribution in [3.63, 3.8) is 0 Å². The average molecular weight is 189 g/mol. The average Bonchev–Trinajstić information content (AvgIpc) is 1.95. The molecule has 0 aromatic heterocycles. The highest BCUT2D eigenvalue weighted by Crippen LogP contribution is 2.04. The van der Waals surface area contributed by atoms with Crippen molar-refractivity contribution in [3.05, 3.63) is 0 Å². The van der Waals surface area contributed by atoms with Gasteiger partial charge in [-0.3, -0.25) is 0 Å². The minimum absolute atomic E-state index is 0.316. The van der Waals surface area contributed by atoms with E-state index < -0.39 is 5.60 Å². The van der Waals surface area contributed by atoms with Gasteiger partial charge in [0, 0.05) is 19.7 Å². The second-order valence-corrected chi connectivity index (χ2v) is 4.50. The summed E-state index contributed by atoms with van der Waals surface area (Å²) >= 11 is 0. The summed E-state index contributed by atoms with van der Waals surface area (Å²) in [5.41, 5.74) is -0.652. The Morgan fingerprint density at radius 1 is 1.38 bits per heavy atom. The zero-order valence-electron chi connectivity index (χ0n) is 9.42. The molecular formula is C10H23NO2. The summed E-state index contributed by atoms with van der Waals surface area (Å²) in [6, 6.07) is 0.316. The van der Waals surface area contributed by atoms with Crippen LogP contribution < -0.4 is 5.32 Å². The van der Waals surface area contributed by atoms with E-state index in [0.29, 0.717) is 25.1 Å². The predicted octanol–water partition coefficient (Wildman–Crippen LogP) is 1.02. The molecule has 3 nitrogen and oxygen atoms in total. The van der Waals surface area contributed by atoms with Crippen LogP contribution in [0.25, 0.3) is 0 Å². The summed E-state index contributed by atoms with van der Waals surface area (Å²) in [5.74, 6) is 0.516. The number of ether oxygens (including phenoxy) is 1. The molecule has 0 amide bonds. The Morgan fingerprint density at radius 2 is 1.92 bits per heavy atom. The maximum Gasteiger partial charge on any atom is 0.0715 e. The summed E-state index contributed by atoms with van der Waals surface area (Å²) in [6.07, 6.45) is 0. The lowest BCUT2D eigenvalue weighted by Crippen LogP contribution is -2.45. The minimum Gasteiger partial charge on any atom is -0.389 e. The highest BCUT2D eigenvalue weighted by atomic mass is 16.5. The molecule has 80 valence electrons. The molecule has 0 rings (SSSR count). The molecule has 0 saturated carbocycles. The van der Waals surface area contributed by atoms with E-state index in [1.54, 1.807) is 21.0 Å². The molecular weight excluding hydrogens is 166 g/mol. The van der Waals surface area contributed by atoms with Gasteiger partial charge in [-0.05, 0) is 19.8 Å². The van der Waals surface area contributed by atoms with Gasteiger partial charge in [0.2, 0.25) is 0 Å². The maximum absolute atomic E-state index is 9.51. The van der Waals surface area contributed by atoms with E-state index in [0.717, 1.165) is 0 Å². The first-order chi connectivity index (χ1) is 5.87. The number of aliphatic hydroxyl groups is 1. The lowest BCUT2D eigenvalue weighted by molar-refractivity contribution is 0.0652. The standard InChI is InChI=1S/C10H23NO2/c1-8(2)9(6-13-5)11-7-10(3,4)12/h8-9,11-12H,6-7H2,1-5H3. The third-order valence-corrected chi connectivity index (χ3v) is 1.95. The first-order valence-electron chi connectivity index (χ1n) is 4.81. The molecule has 0 aliphatic carbocycles. The Morgan fingerprint density at radius 3 is 2.23 bits per heavy atom. The monoisotopic (exact) mass is 189 g/mol. The van der Waals surface area contributed by atoms with Gasteiger partial charge < -0.3 is 15.2 Å². The molecule has 3 heteroatoms. The van der Waals surface area contributed by atoms with Crippen LogP contribution in [-0.2, 0) is 4.74 Å². The Kier molecular flexibility index (Phi) is 5.53. The van der Waals surface area contributed by atoms with Gasteiger partial charge in [0.1, 0.15) is 0 Å². The number of methoxy groups -OCH3 is 1. The number of rotatable bonds is 6. The molecule has 13 heavy (non-hydrogen) atoms. The van der Waals surface area contributed by atoms with Crippen LogP contribution in [0.3, 0.4) is 0 Å². The molecule has 0 fully saturated rings. The fourth-order valence-electron chi connectivity index (χ4n) is 1.05. The Hall–Kier alpha value is -0.120. The molecule has 0 aromatic carbocycles. The first-order valence-corrected chi connectivity index (χ1v) is 4.81. The van der Waals surface area contributed by atoms with Crippen molar-refractivity contribution in [1.29, 1.82) is 0 Å². The van der Waals surface area contributed by atoms with Crippen molar-refractivity contribution in [2.75, 3.05) is 20.3 Å². The van der Waals surface area contributed by atoms with E-state index in [2.05, 4.69) is 19.2 Å². The smallest absolute Gasteiger partial charge is 0.0715 e. The van der Waals surface area contributed by atoms with Gasteiger partial charge >= 0.3 is 0 Å². The zero-order valence-corrected chi connectivity index (χ0v) is 9.42. The van der Waals surface area contributed by atoms with Gasteiger partial charge in [-0.25, -0.2) is 0 Å². The third-order valence-electron chi connectivity index (χ3n) is 1.95. The van der Waals surface area contributed by atoms with E-state index in [1.807, 2.05) is 0 Å². The first kappa shape index (κ1) is 12.9. The van der Waals surface area contributed by atoms with Gasteiger partial charge in [-0.1, -0.05) is 13.8 Å². The van der Waals surface area contributed by atoms with Crippen LogP contribution in [0.1, 0.15) is 27.7 Å². The van der Waals surface area contributed by atoms with Crippen LogP contribution >= 0.6 is 0 Å². The third kappa shape index (κ3) is 6.99. The molecule has 0 heterocycles. The van der Waals surface area contributed by atoms with Crippen LogP contribution in [0.2, 0.25) is 0 Å². The quantitative estimate of drug-likeness (QED) is 0.655. The highest BCUT2D eigenvalue weighted by molar-refractivity contribution is 4.75.